The van der Waals surface area contributed by atoms with Crippen molar-refractivity contribution in [3.63, 3.8) is 0 Å². The Morgan fingerprint density at radius 2 is 2.11 bits per heavy atom. The van der Waals surface area contributed by atoms with E-state index in [-0.39, 0.29) is 0 Å². The van der Waals surface area contributed by atoms with Gasteiger partial charge in [0.25, 0.3) is 0 Å². The summed E-state index contributed by atoms with van der Waals surface area (Å²) in [7, 11) is 0. The molecule has 2 aromatic rings. The summed E-state index contributed by atoms with van der Waals surface area (Å²) in [6.45, 7) is 6.57. The van der Waals surface area contributed by atoms with E-state index in [0.29, 0.717) is 11.1 Å². The molecule has 3 rings (SSSR count). The summed E-state index contributed by atoms with van der Waals surface area (Å²) in [5.74, 6) is 0.854. The van der Waals surface area contributed by atoms with E-state index in [0.717, 1.165) is 43.0 Å². The number of hydrogen-bond acceptors (Lipinski definition) is 4. The molecule has 0 spiro atoms. The van der Waals surface area contributed by atoms with Crippen molar-refractivity contribution in [2.75, 3.05) is 18.0 Å². The van der Waals surface area contributed by atoms with Crippen LogP contribution in [0.4, 0.5) is 5.82 Å². The number of hydrogen-bond donors (Lipinski definition) is 0. The van der Waals surface area contributed by atoms with Gasteiger partial charge in [0.1, 0.15) is 5.69 Å². The molecule has 0 unspecified atom stereocenters. The van der Waals surface area contributed by atoms with Crippen molar-refractivity contribution in [2.45, 2.75) is 26.7 Å². The lowest BCUT2D eigenvalue weighted by Crippen LogP contribution is -2.38. The molecule has 0 aromatic carbocycles. The maximum atomic E-state index is 11.3. The van der Waals surface area contributed by atoms with Crippen LogP contribution in [0.5, 0.6) is 0 Å². The van der Waals surface area contributed by atoms with Gasteiger partial charge in [-0.1, -0.05) is 13.8 Å². The van der Waals surface area contributed by atoms with E-state index in [9.17, 15) is 4.79 Å². The fourth-order valence-corrected chi connectivity index (χ4v) is 3.17. The predicted molar refractivity (Wildman–Crippen MR) is 73.7 cm³/mol. The second-order valence-corrected chi connectivity index (χ2v) is 6.52. The molecule has 18 heavy (non-hydrogen) atoms. The number of piperidine rings is 1. The SMILES string of the molecule is CC1(C)CCN(c2nc3sccn3c2C=O)CC1. The Kier molecular flexibility index (Phi) is 2.66. The minimum absolute atomic E-state index is 0.412. The number of anilines is 1. The quantitative estimate of drug-likeness (QED) is 0.782. The smallest absolute Gasteiger partial charge is 0.196 e. The van der Waals surface area contributed by atoms with E-state index in [2.05, 4.69) is 23.7 Å². The van der Waals surface area contributed by atoms with Gasteiger partial charge in [-0.15, -0.1) is 11.3 Å². The normalized spacial score (nSPS) is 19.3. The standard InChI is InChI=1S/C13H17N3OS/c1-13(2)3-5-15(6-4-13)11-10(9-17)16-7-8-18-12(16)14-11/h7-9H,3-6H2,1-2H3. The lowest BCUT2D eigenvalue weighted by molar-refractivity contribution is 0.111. The molecule has 1 aliphatic rings. The van der Waals surface area contributed by atoms with Gasteiger partial charge in [-0.25, -0.2) is 4.98 Å². The van der Waals surface area contributed by atoms with Crippen molar-refractivity contribution in [1.82, 2.24) is 9.38 Å². The summed E-state index contributed by atoms with van der Waals surface area (Å²) in [6.07, 6.45) is 5.13. The highest BCUT2D eigenvalue weighted by molar-refractivity contribution is 7.15. The summed E-state index contributed by atoms with van der Waals surface area (Å²) in [5.41, 5.74) is 1.10. The zero-order chi connectivity index (χ0) is 12.8. The number of aromatic nitrogens is 2. The van der Waals surface area contributed by atoms with Gasteiger partial charge in [0.2, 0.25) is 0 Å². The average Bonchev–Trinajstić information content (AvgIpc) is 2.88. The van der Waals surface area contributed by atoms with Crippen molar-refractivity contribution in [3.8, 4) is 0 Å². The summed E-state index contributed by atoms with van der Waals surface area (Å²) < 4.78 is 1.88. The number of nitrogens with zero attached hydrogens (tertiary/aromatic N) is 3. The molecule has 4 nitrogen and oxygen atoms in total. The van der Waals surface area contributed by atoms with Gasteiger partial charge < -0.3 is 4.90 Å². The molecule has 0 amide bonds. The van der Waals surface area contributed by atoms with Crippen molar-refractivity contribution in [1.29, 1.82) is 0 Å². The van der Waals surface area contributed by atoms with Gasteiger partial charge in [0.05, 0.1) is 0 Å². The molecular formula is C13H17N3OS. The van der Waals surface area contributed by atoms with Crippen molar-refractivity contribution in [3.05, 3.63) is 17.3 Å². The maximum Gasteiger partial charge on any atom is 0.196 e. The predicted octanol–water partition coefficient (Wildman–Crippen LogP) is 2.83. The van der Waals surface area contributed by atoms with Crippen molar-refractivity contribution >= 4 is 28.4 Å². The van der Waals surface area contributed by atoms with E-state index in [4.69, 9.17) is 0 Å². The Labute approximate surface area is 110 Å². The van der Waals surface area contributed by atoms with E-state index in [1.807, 2.05) is 16.0 Å². The third kappa shape index (κ3) is 1.82. The molecule has 1 fully saturated rings. The third-order valence-corrected chi connectivity index (χ3v) is 4.56. The number of imidazole rings is 1. The van der Waals surface area contributed by atoms with Crippen LogP contribution < -0.4 is 4.90 Å². The minimum Gasteiger partial charge on any atom is -0.355 e. The molecule has 1 saturated heterocycles. The number of aldehydes is 1. The molecule has 0 radical (unpaired) electrons. The topological polar surface area (TPSA) is 37.6 Å². The molecule has 5 heteroatoms. The third-order valence-electron chi connectivity index (χ3n) is 3.81. The van der Waals surface area contributed by atoms with E-state index in [1.165, 1.54) is 0 Å². The number of rotatable bonds is 2. The Balaban J connectivity index is 1.95. The molecule has 3 heterocycles. The largest absolute Gasteiger partial charge is 0.355 e. The first kappa shape index (κ1) is 11.7. The van der Waals surface area contributed by atoms with Crippen molar-refractivity contribution in [2.24, 2.45) is 5.41 Å². The maximum absolute atomic E-state index is 11.3. The van der Waals surface area contributed by atoms with E-state index in [1.54, 1.807) is 11.3 Å². The summed E-state index contributed by atoms with van der Waals surface area (Å²) >= 11 is 1.57. The highest BCUT2D eigenvalue weighted by atomic mass is 32.1. The van der Waals surface area contributed by atoms with Crippen molar-refractivity contribution < 1.29 is 4.79 Å². The first-order valence-electron chi connectivity index (χ1n) is 6.26. The van der Waals surface area contributed by atoms with Gasteiger partial charge in [0.15, 0.2) is 17.1 Å². The summed E-state index contributed by atoms with van der Waals surface area (Å²) in [6, 6.07) is 0. The van der Waals surface area contributed by atoms with Crippen LogP contribution in [0.15, 0.2) is 11.6 Å². The fourth-order valence-electron chi connectivity index (χ4n) is 2.46. The molecule has 0 bridgehead atoms. The van der Waals surface area contributed by atoms with Crippen LogP contribution in [-0.2, 0) is 0 Å². The highest BCUT2D eigenvalue weighted by Crippen LogP contribution is 2.33. The van der Waals surface area contributed by atoms with Crippen LogP contribution >= 0.6 is 11.3 Å². The number of carbonyl (C=O) groups excluding carboxylic acids is 1. The van der Waals surface area contributed by atoms with Crippen LogP contribution in [-0.4, -0.2) is 28.8 Å². The number of carbonyl (C=O) groups is 1. The monoisotopic (exact) mass is 263 g/mol. The molecule has 2 aromatic heterocycles. The molecule has 0 N–H and O–H groups in total. The Morgan fingerprint density at radius 3 is 2.78 bits per heavy atom. The fraction of sp³-hybridized carbons (Fsp3) is 0.538. The average molecular weight is 263 g/mol. The summed E-state index contributed by atoms with van der Waals surface area (Å²) in [5, 5.41) is 1.96. The number of thiazole rings is 1. The molecular weight excluding hydrogens is 246 g/mol. The summed E-state index contributed by atoms with van der Waals surface area (Å²) in [4.78, 5) is 19.0. The van der Waals surface area contributed by atoms with Crippen LogP contribution in [0.1, 0.15) is 37.2 Å². The lowest BCUT2D eigenvalue weighted by atomic mass is 9.83. The molecule has 0 saturated carbocycles. The van der Waals surface area contributed by atoms with Gasteiger partial charge >= 0.3 is 0 Å². The second-order valence-electron chi connectivity index (χ2n) is 5.65. The van der Waals surface area contributed by atoms with Crippen LogP contribution in [0.2, 0.25) is 0 Å². The van der Waals surface area contributed by atoms with Gasteiger partial charge in [-0.2, -0.15) is 0 Å². The molecule has 0 aliphatic carbocycles. The van der Waals surface area contributed by atoms with Crippen LogP contribution in [0.3, 0.4) is 0 Å². The van der Waals surface area contributed by atoms with Gasteiger partial charge in [-0.05, 0) is 18.3 Å². The lowest BCUT2D eigenvalue weighted by Gasteiger charge is -2.37. The molecule has 96 valence electrons. The zero-order valence-electron chi connectivity index (χ0n) is 10.7. The van der Waals surface area contributed by atoms with Crippen LogP contribution in [0, 0.1) is 5.41 Å². The van der Waals surface area contributed by atoms with E-state index >= 15 is 0 Å². The first-order chi connectivity index (χ1) is 8.61. The van der Waals surface area contributed by atoms with Gasteiger partial charge in [-0.3, -0.25) is 9.20 Å². The van der Waals surface area contributed by atoms with E-state index < -0.39 is 0 Å². The molecule has 0 atom stereocenters. The Bertz CT molecular complexity index is 574. The van der Waals surface area contributed by atoms with Gasteiger partial charge in [0, 0.05) is 24.7 Å². The number of fused-ring (bicyclic) bond motifs is 1. The Hall–Kier alpha value is -1.36. The Morgan fingerprint density at radius 1 is 1.39 bits per heavy atom. The highest BCUT2D eigenvalue weighted by Gasteiger charge is 2.28. The molecule has 1 aliphatic heterocycles. The first-order valence-corrected chi connectivity index (χ1v) is 7.14. The van der Waals surface area contributed by atoms with Crippen LogP contribution in [0.25, 0.3) is 4.96 Å². The zero-order valence-corrected chi connectivity index (χ0v) is 11.5. The second kappa shape index (κ2) is 4.09. The minimum atomic E-state index is 0.412.